The number of carbonyl (C=O) groups is 1. The summed E-state index contributed by atoms with van der Waals surface area (Å²) in [6.45, 7) is 2.07. The third-order valence-corrected chi connectivity index (χ3v) is 4.63. The first-order valence-corrected chi connectivity index (χ1v) is 8.85. The van der Waals surface area contributed by atoms with Crippen molar-refractivity contribution < 1.29 is 9.72 Å². The van der Waals surface area contributed by atoms with Gasteiger partial charge in [-0.2, -0.15) is 4.98 Å². The monoisotopic (exact) mass is 414 g/mol. The predicted molar refractivity (Wildman–Crippen MR) is 111 cm³/mol. The number of halogens is 1. The summed E-state index contributed by atoms with van der Waals surface area (Å²) in [5, 5.41) is 21.1. The van der Waals surface area contributed by atoms with Crippen LogP contribution in [0.4, 0.5) is 17.6 Å². The fourth-order valence-corrected chi connectivity index (χ4v) is 3.27. The first kappa shape index (κ1) is 20.3. The molecule has 10 heteroatoms. The van der Waals surface area contributed by atoms with Gasteiger partial charge in [0.2, 0.25) is 5.95 Å². The van der Waals surface area contributed by atoms with Crippen molar-refractivity contribution in [3.8, 4) is 0 Å². The number of aromatic nitrogens is 3. The van der Waals surface area contributed by atoms with Crippen LogP contribution < -0.4 is 10.6 Å². The maximum Gasteiger partial charge on any atom is 0.269 e. The van der Waals surface area contributed by atoms with Crippen LogP contribution in [0.5, 0.6) is 0 Å². The number of nitro benzene ring substituents is 1. The molecule has 0 spiro atoms. The van der Waals surface area contributed by atoms with E-state index in [0.29, 0.717) is 11.5 Å². The highest BCUT2D eigenvalue weighted by Crippen LogP contribution is 2.31. The van der Waals surface area contributed by atoms with Gasteiger partial charge in [-0.25, -0.2) is 4.68 Å². The summed E-state index contributed by atoms with van der Waals surface area (Å²) >= 11 is 0. The van der Waals surface area contributed by atoms with Crippen LogP contribution in [-0.2, 0) is 0 Å². The number of nitrogens with one attached hydrogen (secondary N) is 2. The molecule has 4 rings (SSSR count). The van der Waals surface area contributed by atoms with Gasteiger partial charge in [-0.05, 0) is 31.0 Å². The minimum absolute atomic E-state index is 0. The lowest BCUT2D eigenvalue weighted by atomic mass is 9.99. The summed E-state index contributed by atoms with van der Waals surface area (Å²) in [5.74, 6) is 0.342. The first-order chi connectivity index (χ1) is 13.5. The van der Waals surface area contributed by atoms with Crippen LogP contribution in [0.3, 0.4) is 0 Å². The van der Waals surface area contributed by atoms with Gasteiger partial charge >= 0.3 is 0 Å². The number of carbonyl (C=O) groups excluding carboxylic acids is 1. The molecular weight excluding hydrogens is 396 g/mol. The van der Waals surface area contributed by atoms with Gasteiger partial charge in [0.05, 0.1) is 11.0 Å². The van der Waals surface area contributed by atoms with E-state index in [-0.39, 0.29) is 36.1 Å². The Balaban J connectivity index is 0.00000240. The summed E-state index contributed by atoms with van der Waals surface area (Å²) in [6, 6.07) is 15.6. The van der Waals surface area contributed by atoms with E-state index < -0.39 is 10.8 Å². The third-order valence-electron chi connectivity index (χ3n) is 4.63. The highest BCUT2D eigenvalue weighted by Gasteiger charge is 2.28. The van der Waals surface area contributed by atoms with E-state index >= 15 is 0 Å². The summed E-state index contributed by atoms with van der Waals surface area (Å²) in [6.07, 6.45) is 0.843. The van der Waals surface area contributed by atoms with Gasteiger partial charge in [0.1, 0.15) is 0 Å². The maximum absolute atomic E-state index is 12.4. The van der Waals surface area contributed by atoms with Gasteiger partial charge in [0.15, 0.2) is 0 Å². The van der Waals surface area contributed by atoms with Crippen molar-refractivity contribution in [1.82, 2.24) is 14.8 Å². The van der Waals surface area contributed by atoms with Crippen LogP contribution in [0.25, 0.3) is 0 Å². The minimum Gasteiger partial charge on any atom is -0.352 e. The molecular formula is C19H19ClN6O3. The zero-order chi connectivity index (χ0) is 19.7. The Morgan fingerprint density at radius 3 is 2.55 bits per heavy atom. The van der Waals surface area contributed by atoms with Crippen LogP contribution in [0.2, 0.25) is 0 Å². The second kappa shape index (κ2) is 8.27. The quantitative estimate of drug-likeness (QED) is 0.497. The Kier molecular flexibility index (Phi) is 5.79. The number of hydrogen-bond acceptors (Lipinski definition) is 6. The first-order valence-electron chi connectivity index (χ1n) is 8.85. The number of nitrogens with zero attached hydrogens (tertiary/aromatic N) is 4. The number of benzene rings is 2. The van der Waals surface area contributed by atoms with E-state index in [2.05, 4.69) is 27.6 Å². The van der Waals surface area contributed by atoms with Crippen molar-refractivity contribution in [3.63, 3.8) is 0 Å². The molecule has 29 heavy (non-hydrogen) atoms. The van der Waals surface area contributed by atoms with Crippen molar-refractivity contribution in [2.45, 2.75) is 25.4 Å². The van der Waals surface area contributed by atoms with Gasteiger partial charge < -0.3 is 5.32 Å². The fourth-order valence-electron chi connectivity index (χ4n) is 3.27. The lowest BCUT2D eigenvalue weighted by Crippen LogP contribution is -2.31. The molecule has 2 atom stereocenters. The van der Waals surface area contributed by atoms with Gasteiger partial charge in [-0.3, -0.25) is 20.2 Å². The number of nitro groups is 1. The van der Waals surface area contributed by atoms with E-state index in [9.17, 15) is 14.9 Å². The highest BCUT2D eigenvalue weighted by molar-refractivity contribution is 6.03. The summed E-state index contributed by atoms with van der Waals surface area (Å²) in [5.41, 5.74) is 1.34. The third kappa shape index (κ3) is 4.19. The summed E-state index contributed by atoms with van der Waals surface area (Å²) < 4.78 is 1.78. The van der Waals surface area contributed by atoms with Gasteiger partial charge in [-0.1, -0.05) is 30.3 Å². The van der Waals surface area contributed by atoms with Crippen LogP contribution in [-0.4, -0.2) is 31.6 Å². The standard InChI is InChI=1S/C19H18N6O3.ClH/c1-12-11-16(13-5-3-2-4-6-13)24-19(20-12)22-18(23-24)21-17(26)14-7-9-15(10-8-14)25(27)28;/h2-10,12,16H,11H2,1H3,(H2,20,21,22,23,26);1H. The minimum atomic E-state index is -0.511. The molecule has 2 unspecified atom stereocenters. The molecule has 0 saturated heterocycles. The normalized spacial score (nSPS) is 17.4. The number of anilines is 2. The summed E-state index contributed by atoms with van der Waals surface area (Å²) in [7, 11) is 0. The van der Waals surface area contributed by atoms with Crippen molar-refractivity contribution in [2.24, 2.45) is 0 Å². The Bertz CT molecular complexity index is 1020. The molecule has 1 aliphatic rings. The van der Waals surface area contributed by atoms with Crippen LogP contribution in [0, 0.1) is 10.1 Å². The molecule has 0 fully saturated rings. The fraction of sp³-hybridized carbons (Fsp3) is 0.211. The molecule has 1 aromatic heterocycles. The Hall–Kier alpha value is -3.46. The van der Waals surface area contributed by atoms with E-state index in [0.717, 1.165) is 12.0 Å². The average molecular weight is 415 g/mol. The Morgan fingerprint density at radius 1 is 1.21 bits per heavy atom. The smallest absolute Gasteiger partial charge is 0.269 e. The Labute approximate surface area is 172 Å². The second-order valence-corrected chi connectivity index (χ2v) is 6.67. The van der Waals surface area contributed by atoms with Crippen molar-refractivity contribution in [2.75, 3.05) is 10.6 Å². The molecule has 1 amide bonds. The number of fused-ring (bicyclic) bond motifs is 1. The molecule has 2 aromatic carbocycles. The number of rotatable bonds is 4. The van der Waals surface area contributed by atoms with Crippen molar-refractivity contribution in [1.29, 1.82) is 0 Å². The molecule has 0 radical (unpaired) electrons. The van der Waals surface area contributed by atoms with Crippen molar-refractivity contribution in [3.05, 3.63) is 75.8 Å². The zero-order valence-corrected chi connectivity index (χ0v) is 16.3. The van der Waals surface area contributed by atoms with Crippen LogP contribution in [0.1, 0.15) is 35.3 Å². The molecule has 2 heterocycles. The lowest BCUT2D eigenvalue weighted by molar-refractivity contribution is -0.384. The molecule has 9 nitrogen and oxygen atoms in total. The van der Waals surface area contributed by atoms with Gasteiger partial charge in [0, 0.05) is 23.7 Å². The number of non-ortho nitro benzene ring substituents is 1. The molecule has 1 aliphatic heterocycles. The molecule has 150 valence electrons. The average Bonchev–Trinajstić information content (AvgIpc) is 3.10. The second-order valence-electron chi connectivity index (χ2n) is 6.67. The van der Waals surface area contributed by atoms with Crippen LogP contribution in [0.15, 0.2) is 54.6 Å². The van der Waals surface area contributed by atoms with E-state index in [1.54, 1.807) is 4.68 Å². The van der Waals surface area contributed by atoms with E-state index in [4.69, 9.17) is 0 Å². The molecule has 3 aromatic rings. The van der Waals surface area contributed by atoms with Crippen LogP contribution >= 0.6 is 12.4 Å². The highest BCUT2D eigenvalue weighted by atomic mass is 35.5. The number of hydrogen-bond donors (Lipinski definition) is 2. The SMILES string of the molecule is CC1CC(c2ccccc2)n2nc(NC(=O)c3ccc([N+](=O)[O-])cc3)nc2N1.Cl. The van der Waals surface area contributed by atoms with E-state index in [1.807, 2.05) is 30.3 Å². The van der Waals surface area contributed by atoms with Crippen molar-refractivity contribution >= 4 is 35.9 Å². The predicted octanol–water partition coefficient (Wildman–Crippen LogP) is 3.65. The van der Waals surface area contributed by atoms with Gasteiger partial charge in [0.25, 0.3) is 17.5 Å². The molecule has 0 saturated carbocycles. The van der Waals surface area contributed by atoms with Gasteiger partial charge in [-0.15, -0.1) is 17.5 Å². The molecule has 0 aliphatic carbocycles. The molecule has 2 N–H and O–H groups in total. The topological polar surface area (TPSA) is 115 Å². The maximum atomic E-state index is 12.4. The number of amides is 1. The summed E-state index contributed by atoms with van der Waals surface area (Å²) in [4.78, 5) is 27.0. The Morgan fingerprint density at radius 2 is 1.90 bits per heavy atom. The molecule has 0 bridgehead atoms. The van der Waals surface area contributed by atoms with E-state index in [1.165, 1.54) is 24.3 Å². The lowest BCUT2D eigenvalue weighted by Gasteiger charge is -2.29. The zero-order valence-electron chi connectivity index (χ0n) is 15.5. The largest absolute Gasteiger partial charge is 0.352 e.